The maximum atomic E-state index is 12.3. The quantitative estimate of drug-likeness (QED) is 0.571. The predicted octanol–water partition coefficient (Wildman–Crippen LogP) is 1.74. The molecule has 5 heteroatoms. The van der Waals surface area contributed by atoms with Gasteiger partial charge >= 0.3 is 0 Å². The molecule has 21 heavy (non-hydrogen) atoms. The maximum absolute atomic E-state index is 12.3. The number of rotatable bonds is 5. The lowest BCUT2D eigenvalue weighted by Crippen LogP contribution is -2.38. The van der Waals surface area contributed by atoms with Gasteiger partial charge in [-0.05, 0) is 57.5 Å². The highest BCUT2D eigenvalue weighted by atomic mass is 16.1. The number of nitrogens with two attached hydrogens (primary N) is 1. The molecule has 0 aromatic heterocycles. The summed E-state index contributed by atoms with van der Waals surface area (Å²) in [5.74, 6) is 6.00. The lowest BCUT2D eigenvalue weighted by molar-refractivity contribution is 0.0937. The Balaban J connectivity index is 1.89. The predicted molar refractivity (Wildman–Crippen MR) is 86.2 cm³/mol. The molecule has 2 rings (SSSR count). The Hall–Kier alpha value is -1.59. The van der Waals surface area contributed by atoms with Crippen LogP contribution in [0.1, 0.15) is 35.7 Å². The molecule has 0 spiro atoms. The van der Waals surface area contributed by atoms with Crippen LogP contribution in [0, 0.1) is 12.8 Å². The van der Waals surface area contributed by atoms with Crippen LogP contribution in [0.4, 0.5) is 5.69 Å². The Bertz CT molecular complexity index is 481. The zero-order valence-electron chi connectivity index (χ0n) is 13.0. The third-order valence-electron chi connectivity index (χ3n) is 4.28. The minimum Gasteiger partial charge on any atom is -0.352 e. The van der Waals surface area contributed by atoms with Gasteiger partial charge in [-0.1, -0.05) is 18.6 Å². The third-order valence-corrected chi connectivity index (χ3v) is 4.28. The highest BCUT2D eigenvalue weighted by molar-refractivity contribution is 5.99. The van der Waals surface area contributed by atoms with Crippen LogP contribution in [0.25, 0.3) is 0 Å². The number of hydrogen-bond acceptors (Lipinski definition) is 4. The number of benzene rings is 1. The van der Waals surface area contributed by atoms with E-state index in [1.54, 1.807) is 0 Å². The number of piperidine rings is 1. The van der Waals surface area contributed by atoms with E-state index in [-0.39, 0.29) is 5.91 Å². The molecule has 1 aliphatic rings. The van der Waals surface area contributed by atoms with Crippen LogP contribution >= 0.6 is 0 Å². The number of amides is 1. The van der Waals surface area contributed by atoms with Gasteiger partial charge in [0.2, 0.25) is 0 Å². The number of nitrogens with zero attached hydrogens (tertiary/aromatic N) is 1. The van der Waals surface area contributed by atoms with Crippen molar-refractivity contribution in [3.05, 3.63) is 29.3 Å². The first-order chi connectivity index (χ1) is 10.1. The van der Waals surface area contributed by atoms with Gasteiger partial charge < -0.3 is 15.6 Å². The van der Waals surface area contributed by atoms with Crippen molar-refractivity contribution < 1.29 is 4.79 Å². The Kier molecular flexibility index (Phi) is 5.59. The van der Waals surface area contributed by atoms with Gasteiger partial charge in [-0.2, -0.15) is 0 Å². The first-order valence-electron chi connectivity index (χ1n) is 7.71. The molecule has 1 aromatic carbocycles. The van der Waals surface area contributed by atoms with Gasteiger partial charge in [0.25, 0.3) is 5.91 Å². The van der Waals surface area contributed by atoms with Crippen molar-refractivity contribution in [2.75, 3.05) is 31.6 Å². The van der Waals surface area contributed by atoms with Crippen LogP contribution in [0.2, 0.25) is 0 Å². The first-order valence-corrected chi connectivity index (χ1v) is 7.71. The summed E-state index contributed by atoms with van der Waals surface area (Å²) < 4.78 is 0. The summed E-state index contributed by atoms with van der Waals surface area (Å²) in [5.41, 5.74) is 4.92. The van der Waals surface area contributed by atoms with Crippen LogP contribution < -0.4 is 16.6 Å². The van der Waals surface area contributed by atoms with Crippen molar-refractivity contribution in [1.82, 2.24) is 10.2 Å². The molecule has 1 fully saturated rings. The largest absolute Gasteiger partial charge is 0.352 e. The fraction of sp³-hybridized carbons (Fsp3) is 0.562. The lowest BCUT2D eigenvalue weighted by Gasteiger charge is -2.31. The fourth-order valence-electron chi connectivity index (χ4n) is 2.81. The maximum Gasteiger partial charge on any atom is 0.253 e. The molecule has 1 aromatic rings. The monoisotopic (exact) mass is 290 g/mol. The topological polar surface area (TPSA) is 70.4 Å². The normalized spacial score (nSPS) is 16.7. The van der Waals surface area contributed by atoms with E-state index in [2.05, 4.69) is 22.6 Å². The third kappa shape index (κ3) is 4.19. The van der Waals surface area contributed by atoms with Gasteiger partial charge in [0.1, 0.15) is 0 Å². The van der Waals surface area contributed by atoms with Crippen molar-refractivity contribution >= 4 is 11.6 Å². The molecule has 116 valence electrons. The molecule has 0 unspecified atom stereocenters. The number of nitrogens with one attached hydrogen (secondary N) is 2. The van der Waals surface area contributed by atoms with E-state index in [0.29, 0.717) is 17.2 Å². The average Bonchev–Trinajstić information content (AvgIpc) is 2.53. The second kappa shape index (κ2) is 7.43. The molecule has 5 nitrogen and oxygen atoms in total. The van der Waals surface area contributed by atoms with Crippen LogP contribution in [0.15, 0.2) is 18.2 Å². The molecule has 0 radical (unpaired) electrons. The number of nitrogen functional groups attached to an aromatic ring is 1. The van der Waals surface area contributed by atoms with Crippen LogP contribution in [-0.4, -0.2) is 37.0 Å². The Morgan fingerprint density at radius 2 is 2.10 bits per heavy atom. The van der Waals surface area contributed by atoms with Gasteiger partial charge in [0, 0.05) is 6.54 Å². The SMILES string of the molecule is CCN1CCC(CNC(=O)c2cc(C)ccc2NN)CC1. The summed E-state index contributed by atoms with van der Waals surface area (Å²) in [6, 6.07) is 5.64. The molecule has 1 saturated heterocycles. The van der Waals surface area contributed by atoms with Gasteiger partial charge in [-0.3, -0.25) is 10.6 Å². The van der Waals surface area contributed by atoms with Gasteiger partial charge in [-0.25, -0.2) is 0 Å². The van der Waals surface area contributed by atoms with E-state index in [1.807, 2.05) is 25.1 Å². The van der Waals surface area contributed by atoms with Crippen molar-refractivity contribution in [2.24, 2.45) is 11.8 Å². The van der Waals surface area contributed by atoms with Crippen LogP contribution in [0.3, 0.4) is 0 Å². The Morgan fingerprint density at radius 1 is 1.38 bits per heavy atom. The van der Waals surface area contributed by atoms with Crippen LogP contribution in [-0.2, 0) is 0 Å². The molecular weight excluding hydrogens is 264 g/mol. The summed E-state index contributed by atoms with van der Waals surface area (Å²) in [6.45, 7) is 8.30. The molecule has 1 amide bonds. The molecule has 1 aliphatic heterocycles. The van der Waals surface area contributed by atoms with Crippen molar-refractivity contribution in [3.8, 4) is 0 Å². The van der Waals surface area contributed by atoms with Gasteiger partial charge in [0.05, 0.1) is 11.3 Å². The molecular formula is C16H26N4O. The molecule has 1 heterocycles. The first kappa shape index (κ1) is 15.8. The number of likely N-dealkylation sites (tertiary alicyclic amines) is 1. The lowest BCUT2D eigenvalue weighted by atomic mass is 9.96. The number of hydrazine groups is 1. The smallest absolute Gasteiger partial charge is 0.253 e. The highest BCUT2D eigenvalue weighted by Crippen LogP contribution is 2.18. The molecule has 0 aliphatic carbocycles. The summed E-state index contributed by atoms with van der Waals surface area (Å²) >= 11 is 0. The standard InChI is InChI=1S/C16H26N4O/c1-3-20-8-6-13(7-9-20)11-18-16(21)14-10-12(2)4-5-15(14)19-17/h4-5,10,13,19H,3,6-9,11,17H2,1-2H3,(H,18,21). The summed E-state index contributed by atoms with van der Waals surface area (Å²) in [7, 11) is 0. The molecule has 0 saturated carbocycles. The molecule has 4 N–H and O–H groups in total. The van der Waals surface area contributed by atoms with Crippen molar-refractivity contribution in [3.63, 3.8) is 0 Å². The Labute approximate surface area is 126 Å². The van der Waals surface area contributed by atoms with Gasteiger partial charge in [0.15, 0.2) is 0 Å². The van der Waals surface area contributed by atoms with Crippen molar-refractivity contribution in [1.29, 1.82) is 0 Å². The number of hydrogen-bond donors (Lipinski definition) is 3. The molecule has 0 bridgehead atoms. The second-order valence-corrected chi connectivity index (χ2v) is 5.78. The summed E-state index contributed by atoms with van der Waals surface area (Å²) in [6.07, 6.45) is 2.31. The van der Waals surface area contributed by atoms with E-state index < -0.39 is 0 Å². The minimum absolute atomic E-state index is 0.0513. The van der Waals surface area contributed by atoms with E-state index >= 15 is 0 Å². The summed E-state index contributed by atoms with van der Waals surface area (Å²) in [5, 5.41) is 3.05. The minimum atomic E-state index is -0.0513. The summed E-state index contributed by atoms with van der Waals surface area (Å²) in [4.78, 5) is 14.8. The zero-order valence-corrected chi connectivity index (χ0v) is 13.0. The average molecular weight is 290 g/mol. The zero-order chi connectivity index (χ0) is 15.2. The number of aryl methyl sites for hydroxylation is 1. The number of carbonyl (C=O) groups is 1. The van der Waals surface area contributed by atoms with Crippen LogP contribution in [0.5, 0.6) is 0 Å². The number of carbonyl (C=O) groups excluding carboxylic acids is 1. The van der Waals surface area contributed by atoms with E-state index in [4.69, 9.17) is 5.84 Å². The number of anilines is 1. The van der Waals surface area contributed by atoms with Crippen molar-refractivity contribution in [2.45, 2.75) is 26.7 Å². The van der Waals surface area contributed by atoms with Gasteiger partial charge in [-0.15, -0.1) is 0 Å². The van der Waals surface area contributed by atoms with E-state index in [1.165, 1.54) is 0 Å². The Morgan fingerprint density at radius 3 is 2.71 bits per heavy atom. The van der Waals surface area contributed by atoms with E-state index in [9.17, 15) is 4.79 Å². The molecule has 0 atom stereocenters. The second-order valence-electron chi connectivity index (χ2n) is 5.78. The van der Waals surface area contributed by atoms with E-state index in [0.717, 1.165) is 44.6 Å². The highest BCUT2D eigenvalue weighted by Gasteiger charge is 2.19. The fourth-order valence-corrected chi connectivity index (χ4v) is 2.81.